The molecule has 1 rings (SSSR count). The Labute approximate surface area is 93.9 Å². The maximum absolute atomic E-state index is 13.4. The van der Waals surface area contributed by atoms with Crippen LogP contribution in [0.4, 0.5) is 8.78 Å². The molecule has 0 aromatic heterocycles. The summed E-state index contributed by atoms with van der Waals surface area (Å²) in [7, 11) is 0. The maximum Gasteiger partial charge on any atom is 0.129 e. The molecule has 2 atom stereocenters. The highest BCUT2D eigenvalue weighted by Crippen LogP contribution is 2.24. The Kier molecular flexibility index (Phi) is 4.83. The van der Waals surface area contributed by atoms with Gasteiger partial charge in [-0.3, -0.25) is 0 Å². The molecule has 4 heteroatoms. The van der Waals surface area contributed by atoms with Gasteiger partial charge in [-0.25, -0.2) is 8.78 Å². The van der Waals surface area contributed by atoms with Crippen molar-refractivity contribution in [2.45, 2.75) is 32.5 Å². The van der Waals surface area contributed by atoms with Crippen LogP contribution in [0.25, 0.3) is 0 Å². The normalized spacial score (nSPS) is 14.8. The van der Waals surface area contributed by atoms with E-state index in [1.807, 2.05) is 6.92 Å². The first kappa shape index (κ1) is 13.1. The SMILES string of the molecule is CCOC(CC)C(O)c1cc(F)ccc1F. The van der Waals surface area contributed by atoms with Crippen molar-refractivity contribution in [3.63, 3.8) is 0 Å². The molecule has 0 radical (unpaired) electrons. The summed E-state index contributed by atoms with van der Waals surface area (Å²) >= 11 is 0. The van der Waals surface area contributed by atoms with Gasteiger partial charge in [0.2, 0.25) is 0 Å². The Hall–Kier alpha value is -1.00. The third-order valence-corrected chi connectivity index (χ3v) is 2.41. The van der Waals surface area contributed by atoms with Gasteiger partial charge in [-0.1, -0.05) is 6.92 Å². The van der Waals surface area contributed by atoms with E-state index in [0.717, 1.165) is 18.2 Å². The molecule has 0 aliphatic rings. The molecule has 1 N–H and O–H groups in total. The first-order valence-electron chi connectivity index (χ1n) is 5.34. The molecular formula is C12H16F2O2. The van der Waals surface area contributed by atoms with E-state index in [1.165, 1.54) is 0 Å². The number of aliphatic hydroxyl groups excluding tert-OH is 1. The van der Waals surface area contributed by atoms with Crippen LogP contribution in [0.1, 0.15) is 31.9 Å². The minimum absolute atomic E-state index is 0.0553. The first-order valence-corrected chi connectivity index (χ1v) is 5.34. The van der Waals surface area contributed by atoms with Gasteiger partial charge in [0.25, 0.3) is 0 Å². The van der Waals surface area contributed by atoms with Crippen molar-refractivity contribution in [2.24, 2.45) is 0 Å². The molecule has 0 heterocycles. The highest BCUT2D eigenvalue weighted by molar-refractivity contribution is 5.22. The summed E-state index contributed by atoms with van der Waals surface area (Å²) in [6.07, 6.45) is -1.12. The van der Waals surface area contributed by atoms with E-state index in [4.69, 9.17) is 4.74 Å². The van der Waals surface area contributed by atoms with E-state index in [9.17, 15) is 13.9 Å². The predicted molar refractivity (Wildman–Crippen MR) is 57.0 cm³/mol. The van der Waals surface area contributed by atoms with E-state index in [-0.39, 0.29) is 5.56 Å². The average molecular weight is 230 g/mol. The number of ether oxygens (including phenoxy) is 1. The van der Waals surface area contributed by atoms with Crippen molar-refractivity contribution < 1.29 is 18.6 Å². The van der Waals surface area contributed by atoms with Crippen LogP contribution in [0.3, 0.4) is 0 Å². The van der Waals surface area contributed by atoms with Gasteiger partial charge in [0.15, 0.2) is 0 Å². The van der Waals surface area contributed by atoms with Crippen LogP contribution in [-0.2, 0) is 4.74 Å². The summed E-state index contributed by atoms with van der Waals surface area (Å²) < 4.78 is 31.6. The van der Waals surface area contributed by atoms with Crippen molar-refractivity contribution in [1.29, 1.82) is 0 Å². The van der Waals surface area contributed by atoms with Crippen LogP contribution in [0, 0.1) is 11.6 Å². The number of benzene rings is 1. The molecule has 0 amide bonds. The van der Waals surface area contributed by atoms with Crippen molar-refractivity contribution in [3.05, 3.63) is 35.4 Å². The lowest BCUT2D eigenvalue weighted by Gasteiger charge is -2.22. The standard InChI is InChI=1S/C12H16F2O2/c1-3-11(16-4-2)12(15)9-7-8(13)5-6-10(9)14/h5-7,11-12,15H,3-4H2,1-2H3. The third kappa shape index (κ3) is 3.00. The maximum atomic E-state index is 13.4. The lowest BCUT2D eigenvalue weighted by atomic mass is 10.0. The van der Waals surface area contributed by atoms with Gasteiger partial charge in [0, 0.05) is 12.2 Å². The zero-order chi connectivity index (χ0) is 12.1. The molecular weight excluding hydrogens is 214 g/mol. The second kappa shape index (κ2) is 5.92. The van der Waals surface area contributed by atoms with Crippen molar-refractivity contribution >= 4 is 0 Å². The first-order chi connectivity index (χ1) is 7.60. The number of rotatable bonds is 5. The van der Waals surface area contributed by atoms with Crippen LogP contribution in [0.5, 0.6) is 0 Å². The molecule has 90 valence electrons. The summed E-state index contributed by atoms with van der Waals surface area (Å²) in [6.45, 7) is 4.03. The van der Waals surface area contributed by atoms with Crippen molar-refractivity contribution in [3.8, 4) is 0 Å². The van der Waals surface area contributed by atoms with Gasteiger partial charge in [0.1, 0.15) is 17.7 Å². The lowest BCUT2D eigenvalue weighted by molar-refractivity contribution is -0.0370. The molecule has 0 aliphatic carbocycles. The zero-order valence-electron chi connectivity index (χ0n) is 9.41. The second-order valence-electron chi connectivity index (χ2n) is 3.51. The topological polar surface area (TPSA) is 29.5 Å². The third-order valence-electron chi connectivity index (χ3n) is 2.41. The van der Waals surface area contributed by atoms with Crippen LogP contribution >= 0.6 is 0 Å². The predicted octanol–water partition coefficient (Wildman–Crippen LogP) is 2.81. The smallest absolute Gasteiger partial charge is 0.129 e. The van der Waals surface area contributed by atoms with Gasteiger partial charge < -0.3 is 9.84 Å². The zero-order valence-corrected chi connectivity index (χ0v) is 9.41. The molecule has 2 nitrogen and oxygen atoms in total. The number of aliphatic hydroxyl groups is 1. The largest absolute Gasteiger partial charge is 0.386 e. The molecule has 2 unspecified atom stereocenters. The van der Waals surface area contributed by atoms with Crippen molar-refractivity contribution in [1.82, 2.24) is 0 Å². The van der Waals surface area contributed by atoms with Crippen LogP contribution < -0.4 is 0 Å². The highest BCUT2D eigenvalue weighted by Gasteiger charge is 2.22. The Morgan fingerprint density at radius 2 is 2.00 bits per heavy atom. The minimum Gasteiger partial charge on any atom is -0.386 e. The molecule has 0 bridgehead atoms. The lowest BCUT2D eigenvalue weighted by Crippen LogP contribution is -2.22. The van der Waals surface area contributed by atoms with Crippen molar-refractivity contribution in [2.75, 3.05) is 6.61 Å². The van der Waals surface area contributed by atoms with Gasteiger partial charge in [-0.15, -0.1) is 0 Å². The van der Waals surface area contributed by atoms with Crippen LogP contribution in [0.15, 0.2) is 18.2 Å². The fourth-order valence-corrected chi connectivity index (χ4v) is 1.59. The van der Waals surface area contributed by atoms with E-state index in [1.54, 1.807) is 6.92 Å². The van der Waals surface area contributed by atoms with E-state index >= 15 is 0 Å². The van der Waals surface area contributed by atoms with Crippen LogP contribution in [0.2, 0.25) is 0 Å². The van der Waals surface area contributed by atoms with Gasteiger partial charge >= 0.3 is 0 Å². The second-order valence-corrected chi connectivity index (χ2v) is 3.51. The molecule has 1 aromatic rings. The monoisotopic (exact) mass is 230 g/mol. The quantitative estimate of drug-likeness (QED) is 0.842. The van der Waals surface area contributed by atoms with Gasteiger partial charge in [0.05, 0.1) is 6.10 Å². The molecule has 0 fully saturated rings. The fraction of sp³-hybridized carbons (Fsp3) is 0.500. The summed E-state index contributed by atoms with van der Waals surface area (Å²) in [4.78, 5) is 0. The Morgan fingerprint density at radius 1 is 1.31 bits per heavy atom. The van der Waals surface area contributed by atoms with Gasteiger partial charge in [-0.05, 0) is 31.5 Å². The molecule has 0 saturated heterocycles. The van der Waals surface area contributed by atoms with E-state index < -0.39 is 23.8 Å². The molecule has 16 heavy (non-hydrogen) atoms. The summed E-state index contributed by atoms with van der Waals surface area (Å²) in [5.74, 6) is -1.19. The number of halogens is 2. The minimum atomic E-state index is -1.14. The molecule has 0 aliphatic heterocycles. The van der Waals surface area contributed by atoms with E-state index in [2.05, 4.69) is 0 Å². The number of hydrogen-bond donors (Lipinski definition) is 1. The average Bonchev–Trinajstić information content (AvgIpc) is 2.28. The summed E-state index contributed by atoms with van der Waals surface area (Å²) in [6, 6.07) is 3.03. The van der Waals surface area contributed by atoms with E-state index in [0.29, 0.717) is 13.0 Å². The highest BCUT2D eigenvalue weighted by atomic mass is 19.1. The summed E-state index contributed by atoms with van der Waals surface area (Å²) in [5.41, 5.74) is -0.0553. The van der Waals surface area contributed by atoms with Crippen LogP contribution in [-0.4, -0.2) is 17.8 Å². The fourth-order valence-electron chi connectivity index (χ4n) is 1.59. The van der Waals surface area contributed by atoms with Gasteiger partial charge in [-0.2, -0.15) is 0 Å². The molecule has 0 spiro atoms. The Balaban J connectivity index is 2.93. The number of hydrogen-bond acceptors (Lipinski definition) is 2. The molecule has 1 aromatic carbocycles. The summed E-state index contributed by atoms with van der Waals surface area (Å²) in [5, 5.41) is 9.89. The Bertz CT molecular complexity index is 342. The molecule has 0 saturated carbocycles. The Morgan fingerprint density at radius 3 is 2.56 bits per heavy atom.